The van der Waals surface area contributed by atoms with Crippen molar-refractivity contribution >= 4 is 34.8 Å². The van der Waals surface area contributed by atoms with E-state index in [0.29, 0.717) is 9.90 Å². The van der Waals surface area contributed by atoms with Gasteiger partial charge in [-0.2, -0.15) is 0 Å². The standard InChI is InChI=1S/C14H12ClNO3S/c15-10-6-7-20-12(10)13(17)16-11(14(18)19)8-9-4-2-1-3-5-9/h1-7,11H,8H2,(H,16,17)(H,18,19). The SMILES string of the molecule is O=C(NC(Cc1ccccc1)C(=O)O)c1sccc1Cl. The Bertz CT molecular complexity index is 612. The molecule has 0 bridgehead atoms. The average molecular weight is 310 g/mol. The molecule has 6 heteroatoms. The predicted octanol–water partition coefficient (Wildman–Crippen LogP) is 2.83. The monoisotopic (exact) mass is 309 g/mol. The molecule has 2 aromatic rings. The van der Waals surface area contributed by atoms with Gasteiger partial charge in [-0.05, 0) is 17.0 Å². The number of aliphatic carboxylic acids is 1. The first-order chi connectivity index (χ1) is 9.58. The van der Waals surface area contributed by atoms with Crippen LogP contribution in [0.5, 0.6) is 0 Å². The number of carboxylic acids is 1. The molecule has 1 aromatic carbocycles. The molecule has 2 rings (SSSR count). The number of hydrogen-bond donors (Lipinski definition) is 2. The maximum atomic E-state index is 12.0. The first kappa shape index (κ1) is 14.6. The maximum Gasteiger partial charge on any atom is 0.326 e. The van der Waals surface area contributed by atoms with Gasteiger partial charge in [-0.1, -0.05) is 41.9 Å². The van der Waals surface area contributed by atoms with E-state index in [0.717, 1.165) is 5.56 Å². The molecule has 1 atom stereocenters. The number of rotatable bonds is 5. The third-order valence-corrected chi connectivity index (χ3v) is 4.05. The Morgan fingerprint density at radius 2 is 1.95 bits per heavy atom. The van der Waals surface area contributed by atoms with Gasteiger partial charge >= 0.3 is 5.97 Å². The Hall–Kier alpha value is -1.85. The number of halogens is 1. The number of nitrogens with one attached hydrogen (secondary N) is 1. The maximum absolute atomic E-state index is 12.0. The quantitative estimate of drug-likeness (QED) is 0.892. The number of carbonyl (C=O) groups is 2. The van der Waals surface area contributed by atoms with E-state index in [2.05, 4.69) is 5.32 Å². The lowest BCUT2D eigenvalue weighted by Gasteiger charge is -2.14. The van der Waals surface area contributed by atoms with Gasteiger partial charge in [0.05, 0.1) is 5.02 Å². The normalized spacial score (nSPS) is 11.8. The highest BCUT2D eigenvalue weighted by molar-refractivity contribution is 7.12. The van der Waals surface area contributed by atoms with Crippen LogP contribution in [0.1, 0.15) is 15.2 Å². The average Bonchev–Trinajstić information content (AvgIpc) is 2.85. The summed E-state index contributed by atoms with van der Waals surface area (Å²) >= 11 is 7.04. The van der Waals surface area contributed by atoms with Crippen LogP contribution in [-0.2, 0) is 11.2 Å². The molecule has 0 aliphatic carbocycles. The van der Waals surface area contributed by atoms with E-state index in [4.69, 9.17) is 11.6 Å². The molecule has 0 fully saturated rings. The molecule has 2 N–H and O–H groups in total. The molecule has 4 nitrogen and oxygen atoms in total. The van der Waals surface area contributed by atoms with Crippen LogP contribution in [0.2, 0.25) is 5.02 Å². The molecule has 104 valence electrons. The Kier molecular flexibility index (Phi) is 4.76. The minimum Gasteiger partial charge on any atom is -0.480 e. The molecule has 0 saturated carbocycles. The van der Waals surface area contributed by atoms with Crippen LogP contribution in [0.3, 0.4) is 0 Å². The summed E-state index contributed by atoms with van der Waals surface area (Å²) in [6.07, 6.45) is 0.227. The van der Waals surface area contributed by atoms with Crippen molar-refractivity contribution in [3.8, 4) is 0 Å². The van der Waals surface area contributed by atoms with E-state index in [1.165, 1.54) is 11.3 Å². The molecule has 20 heavy (non-hydrogen) atoms. The second kappa shape index (κ2) is 6.54. The van der Waals surface area contributed by atoms with Gasteiger partial charge in [0.15, 0.2) is 0 Å². The largest absolute Gasteiger partial charge is 0.480 e. The van der Waals surface area contributed by atoms with Crippen molar-refractivity contribution in [1.29, 1.82) is 0 Å². The van der Waals surface area contributed by atoms with E-state index in [-0.39, 0.29) is 6.42 Å². The molecule has 1 amide bonds. The van der Waals surface area contributed by atoms with Crippen molar-refractivity contribution in [3.05, 3.63) is 57.2 Å². The molecular formula is C14H12ClNO3S. The smallest absolute Gasteiger partial charge is 0.326 e. The Morgan fingerprint density at radius 1 is 1.25 bits per heavy atom. The highest BCUT2D eigenvalue weighted by atomic mass is 35.5. The van der Waals surface area contributed by atoms with E-state index in [1.807, 2.05) is 30.3 Å². The van der Waals surface area contributed by atoms with Crippen LogP contribution in [0, 0.1) is 0 Å². The van der Waals surface area contributed by atoms with Crippen LogP contribution in [-0.4, -0.2) is 23.0 Å². The summed E-state index contributed by atoms with van der Waals surface area (Å²) < 4.78 is 0. The first-order valence-corrected chi connectivity index (χ1v) is 7.14. The van der Waals surface area contributed by atoms with Crippen LogP contribution in [0.4, 0.5) is 0 Å². The van der Waals surface area contributed by atoms with Crippen molar-refractivity contribution in [2.45, 2.75) is 12.5 Å². The van der Waals surface area contributed by atoms with Crippen LogP contribution < -0.4 is 5.32 Å². The van der Waals surface area contributed by atoms with E-state index in [1.54, 1.807) is 11.4 Å². The molecule has 0 aliphatic rings. The highest BCUT2D eigenvalue weighted by Gasteiger charge is 2.22. The number of amides is 1. The van der Waals surface area contributed by atoms with Crippen LogP contribution in [0.15, 0.2) is 41.8 Å². The second-order valence-corrected chi connectivity index (χ2v) is 5.47. The Balaban J connectivity index is 2.09. The Labute approximate surface area is 125 Å². The number of benzene rings is 1. The summed E-state index contributed by atoms with van der Waals surface area (Å²) in [6.45, 7) is 0. The lowest BCUT2D eigenvalue weighted by atomic mass is 10.1. The van der Waals surface area contributed by atoms with Gasteiger partial charge in [0, 0.05) is 6.42 Å². The van der Waals surface area contributed by atoms with E-state index >= 15 is 0 Å². The van der Waals surface area contributed by atoms with Gasteiger partial charge in [-0.25, -0.2) is 4.79 Å². The van der Waals surface area contributed by atoms with Gasteiger partial charge in [0.25, 0.3) is 5.91 Å². The summed E-state index contributed by atoms with van der Waals surface area (Å²) in [5, 5.41) is 13.7. The van der Waals surface area contributed by atoms with Gasteiger partial charge in [-0.3, -0.25) is 4.79 Å². The zero-order valence-electron chi connectivity index (χ0n) is 10.4. The second-order valence-electron chi connectivity index (χ2n) is 4.15. The number of thiophene rings is 1. The zero-order chi connectivity index (χ0) is 14.5. The summed E-state index contributed by atoms with van der Waals surface area (Å²) in [6, 6.07) is 9.76. The van der Waals surface area contributed by atoms with Crippen molar-refractivity contribution in [2.24, 2.45) is 0 Å². The van der Waals surface area contributed by atoms with Crippen molar-refractivity contribution in [3.63, 3.8) is 0 Å². The summed E-state index contributed by atoms with van der Waals surface area (Å²) in [7, 11) is 0. The molecule has 1 aromatic heterocycles. The number of carboxylic acid groups (broad SMARTS) is 1. The fourth-order valence-electron chi connectivity index (χ4n) is 1.73. The van der Waals surface area contributed by atoms with Gasteiger partial charge in [0.1, 0.15) is 10.9 Å². The van der Waals surface area contributed by atoms with Crippen LogP contribution in [0.25, 0.3) is 0 Å². The highest BCUT2D eigenvalue weighted by Crippen LogP contribution is 2.21. The molecule has 1 unspecified atom stereocenters. The zero-order valence-corrected chi connectivity index (χ0v) is 11.9. The van der Waals surface area contributed by atoms with Gasteiger partial charge < -0.3 is 10.4 Å². The molecular weight excluding hydrogens is 298 g/mol. The molecule has 0 saturated heterocycles. The van der Waals surface area contributed by atoms with Gasteiger partial charge in [-0.15, -0.1) is 11.3 Å². The number of carbonyl (C=O) groups excluding carboxylic acids is 1. The van der Waals surface area contributed by atoms with Gasteiger partial charge in [0.2, 0.25) is 0 Å². The predicted molar refractivity (Wildman–Crippen MR) is 78.4 cm³/mol. The topological polar surface area (TPSA) is 66.4 Å². The minimum absolute atomic E-state index is 0.227. The fourth-order valence-corrected chi connectivity index (χ4v) is 2.77. The van der Waals surface area contributed by atoms with E-state index in [9.17, 15) is 14.7 Å². The third kappa shape index (κ3) is 3.59. The van der Waals surface area contributed by atoms with Crippen molar-refractivity contribution in [1.82, 2.24) is 5.32 Å². The molecule has 0 spiro atoms. The fraction of sp³-hybridized carbons (Fsp3) is 0.143. The van der Waals surface area contributed by atoms with Crippen molar-refractivity contribution in [2.75, 3.05) is 0 Å². The lowest BCUT2D eigenvalue weighted by molar-refractivity contribution is -0.139. The molecule has 0 aliphatic heterocycles. The summed E-state index contributed by atoms with van der Waals surface area (Å²) in [4.78, 5) is 23.6. The Morgan fingerprint density at radius 3 is 2.50 bits per heavy atom. The first-order valence-electron chi connectivity index (χ1n) is 5.88. The van der Waals surface area contributed by atoms with Crippen molar-refractivity contribution < 1.29 is 14.7 Å². The minimum atomic E-state index is -1.07. The molecule has 1 heterocycles. The lowest BCUT2D eigenvalue weighted by Crippen LogP contribution is -2.42. The third-order valence-electron chi connectivity index (χ3n) is 2.71. The van der Waals surface area contributed by atoms with Crippen LogP contribution >= 0.6 is 22.9 Å². The van der Waals surface area contributed by atoms with E-state index < -0.39 is 17.9 Å². The number of hydrogen-bond acceptors (Lipinski definition) is 3. The molecule has 0 radical (unpaired) electrons. The summed E-state index contributed by atoms with van der Waals surface area (Å²) in [5.41, 5.74) is 0.845. The summed E-state index contributed by atoms with van der Waals surface area (Å²) in [5.74, 6) is -1.54.